The minimum Gasteiger partial charge on any atom is -0.494 e. The Hall–Kier alpha value is -2.36. The Morgan fingerprint density at radius 1 is 1.22 bits per heavy atom. The molecule has 1 N–H and O–H groups in total. The number of ether oxygens (including phenoxy) is 1. The molecule has 0 saturated carbocycles. The second kappa shape index (κ2) is 8.32. The third kappa shape index (κ3) is 5.09. The van der Waals surface area contributed by atoms with Gasteiger partial charge in [0.05, 0.1) is 12.5 Å². The zero-order valence-corrected chi connectivity index (χ0v) is 13.2. The number of hydrogen-bond acceptors (Lipinski definition) is 2. The lowest BCUT2D eigenvalue weighted by Crippen LogP contribution is -2.13. The van der Waals surface area contributed by atoms with Gasteiger partial charge >= 0.3 is 5.97 Å². The summed E-state index contributed by atoms with van der Waals surface area (Å²) in [5, 5.41) is 9.35. The highest BCUT2D eigenvalue weighted by Crippen LogP contribution is 2.22. The van der Waals surface area contributed by atoms with Gasteiger partial charge in [0.25, 0.3) is 0 Å². The summed E-state index contributed by atoms with van der Waals surface area (Å²) in [5.41, 5.74) is 1.82. The van der Waals surface area contributed by atoms with Crippen LogP contribution in [0.3, 0.4) is 0 Å². The number of rotatable bonds is 8. The first-order valence-corrected chi connectivity index (χ1v) is 7.80. The first kappa shape index (κ1) is 17.0. The lowest BCUT2D eigenvalue weighted by Gasteiger charge is -2.13. The van der Waals surface area contributed by atoms with E-state index in [0.717, 1.165) is 12.2 Å². The van der Waals surface area contributed by atoms with Crippen molar-refractivity contribution in [1.29, 1.82) is 0 Å². The molecule has 0 fully saturated rings. The van der Waals surface area contributed by atoms with Crippen molar-refractivity contribution >= 4 is 5.97 Å². The number of aryl methyl sites for hydroxylation is 1. The minimum absolute atomic E-state index is 0.364. The van der Waals surface area contributed by atoms with E-state index in [4.69, 9.17) is 4.74 Å². The lowest BCUT2D eigenvalue weighted by atomic mass is 9.94. The van der Waals surface area contributed by atoms with Gasteiger partial charge in [-0.2, -0.15) is 0 Å². The van der Waals surface area contributed by atoms with Crippen LogP contribution in [0.2, 0.25) is 0 Å². The molecule has 1 atom stereocenters. The summed E-state index contributed by atoms with van der Waals surface area (Å²) in [7, 11) is 0. The molecule has 0 amide bonds. The van der Waals surface area contributed by atoms with Crippen LogP contribution in [0, 0.1) is 5.82 Å². The van der Waals surface area contributed by atoms with Crippen molar-refractivity contribution in [3.63, 3.8) is 0 Å². The van der Waals surface area contributed by atoms with E-state index in [2.05, 4.69) is 6.92 Å². The Bertz CT molecular complexity index is 637. The summed E-state index contributed by atoms with van der Waals surface area (Å²) < 4.78 is 18.6. The minimum atomic E-state index is -0.899. The fourth-order valence-electron chi connectivity index (χ4n) is 2.46. The topological polar surface area (TPSA) is 46.5 Å². The average Bonchev–Trinajstić information content (AvgIpc) is 2.56. The molecule has 2 aromatic rings. The van der Waals surface area contributed by atoms with Crippen molar-refractivity contribution in [1.82, 2.24) is 0 Å². The molecule has 0 aliphatic carbocycles. The van der Waals surface area contributed by atoms with Crippen molar-refractivity contribution in [3.05, 3.63) is 65.5 Å². The standard InChI is InChI=1S/C19H21FO3/c1-2-14-5-3-6-17(13-14)23-12-4-7-18(19(21)22)15-8-10-16(20)11-9-15/h3,5-6,8-11,13,18H,2,4,7,12H2,1H3,(H,21,22). The van der Waals surface area contributed by atoms with Crippen LogP contribution in [0.4, 0.5) is 4.39 Å². The predicted octanol–water partition coefficient (Wildman–Crippen LogP) is 4.42. The maximum absolute atomic E-state index is 12.9. The summed E-state index contributed by atoms with van der Waals surface area (Å²) in [6, 6.07) is 13.5. The smallest absolute Gasteiger partial charge is 0.310 e. The first-order chi connectivity index (χ1) is 11.1. The molecule has 4 heteroatoms. The van der Waals surface area contributed by atoms with Gasteiger partial charge in [-0.15, -0.1) is 0 Å². The van der Waals surface area contributed by atoms with Gasteiger partial charge in [0.15, 0.2) is 0 Å². The molecule has 0 aromatic heterocycles. The average molecular weight is 316 g/mol. The van der Waals surface area contributed by atoms with Crippen molar-refractivity contribution < 1.29 is 19.0 Å². The van der Waals surface area contributed by atoms with Crippen molar-refractivity contribution in [2.75, 3.05) is 6.61 Å². The summed E-state index contributed by atoms with van der Waals surface area (Å²) >= 11 is 0. The van der Waals surface area contributed by atoms with E-state index in [9.17, 15) is 14.3 Å². The fraction of sp³-hybridized carbons (Fsp3) is 0.316. The van der Waals surface area contributed by atoms with E-state index in [0.29, 0.717) is 25.0 Å². The Morgan fingerprint density at radius 2 is 1.96 bits per heavy atom. The van der Waals surface area contributed by atoms with Crippen molar-refractivity contribution in [3.8, 4) is 5.75 Å². The van der Waals surface area contributed by atoms with Crippen LogP contribution < -0.4 is 4.74 Å². The van der Waals surface area contributed by atoms with Crippen LogP contribution in [-0.2, 0) is 11.2 Å². The fourth-order valence-corrected chi connectivity index (χ4v) is 2.46. The highest BCUT2D eigenvalue weighted by atomic mass is 19.1. The predicted molar refractivity (Wildman–Crippen MR) is 87.3 cm³/mol. The van der Waals surface area contributed by atoms with Gasteiger partial charge in [-0.3, -0.25) is 4.79 Å². The third-order valence-corrected chi connectivity index (χ3v) is 3.78. The lowest BCUT2D eigenvalue weighted by molar-refractivity contribution is -0.139. The molecule has 23 heavy (non-hydrogen) atoms. The quantitative estimate of drug-likeness (QED) is 0.734. The number of halogens is 1. The number of carboxylic acids is 1. The van der Waals surface area contributed by atoms with Gasteiger partial charge in [-0.1, -0.05) is 31.2 Å². The van der Waals surface area contributed by atoms with E-state index in [1.807, 2.05) is 24.3 Å². The molecular weight excluding hydrogens is 295 g/mol. The SMILES string of the molecule is CCc1cccc(OCCCC(C(=O)O)c2ccc(F)cc2)c1. The summed E-state index contributed by atoms with van der Waals surface area (Å²) in [6.45, 7) is 2.54. The number of benzene rings is 2. The Labute approximate surface area is 135 Å². The normalized spacial score (nSPS) is 11.9. The molecule has 0 aliphatic heterocycles. The Morgan fingerprint density at radius 3 is 2.61 bits per heavy atom. The van der Waals surface area contributed by atoms with Crippen LogP contribution >= 0.6 is 0 Å². The van der Waals surface area contributed by atoms with Crippen LogP contribution in [0.25, 0.3) is 0 Å². The maximum Gasteiger partial charge on any atom is 0.310 e. The zero-order chi connectivity index (χ0) is 16.7. The molecule has 3 nitrogen and oxygen atoms in total. The van der Waals surface area contributed by atoms with Gasteiger partial charge in [-0.25, -0.2) is 4.39 Å². The summed E-state index contributed by atoms with van der Waals surface area (Å²) in [4.78, 5) is 11.4. The first-order valence-electron chi connectivity index (χ1n) is 7.80. The maximum atomic E-state index is 12.9. The third-order valence-electron chi connectivity index (χ3n) is 3.78. The molecule has 0 saturated heterocycles. The molecule has 2 aromatic carbocycles. The number of carbonyl (C=O) groups is 1. The molecule has 0 bridgehead atoms. The number of carboxylic acid groups (broad SMARTS) is 1. The van der Waals surface area contributed by atoms with Gasteiger partial charge in [0.2, 0.25) is 0 Å². The Kier molecular flexibility index (Phi) is 6.15. The van der Waals surface area contributed by atoms with Gasteiger partial charge in [0, 0.05) is 0 Å². The van der Waals surface area contributed by atoms with E-state index >= 15 is 0 Å². The van der Waals surface area contributed by atoms with Gasteiger partial charge in [-0.05, 0) is 54.7 Å². The second-order valence-corrected chi connectivity index (χ2v) is 5.43. The number of hydrogen-bond donors (Lipinski definition) is 1. The van der Waals surface area contributed by atoms with Crippen molar-refractivity contribution in [2.24, 2.45) is 0 Å². The van der Waals surface area contributed by atoms with Crippen LogP contribution in [0.5, 0.6) is 5.75 Å². The van der Waals surface area contributed by atoms with Crippen LogP contribution in [0.15, 0.2) is 48.5 Å². The zero-order valence-electron chi connectivity index (χ0n) is 13.2. The molecule has 122 valence electrons. The largest absolute Gasteiger partial charge is 0.494 e. The van der Waals surface area contributed by atoms with Gasteiger partial charge < -0.3 is 9.84 Å². The van der Waals surface area contributed by atoms with Crippen LogP contribution in [0.1, 0.15) is 36.8 Å². The second-order valence-electron chi connectivity index (χ2n) is 5.43. The molecule has 0 heterocycles. The molecular formula is C19H21FO3. The molecule has 0 aliphatic rings. The van der Waals surface area contributed by atoms with Crippen LogP contribution in [-0.4, -0.2) is 17.7 Å². The molecule has 0 spiro atoms. The molecule has 1 unspecified atom stereocenters. The summed E-state index contributed by atoms with van der Waals surface area (Å²) in [6.07, 6.45) is 2.02. The number of aliphatic carboxylic acids is 1. The van der Waals surface area contributed by atoms with E-state index in [1.165, 1.54) is 29.8 Å². The molecule has 0 radical (unpaired) electrons. The summed E-state index contributed by atoms with van der Waals surface area (Å²) in [5.74, 6) is -1.10. The van der Waals surface area contributed by atoms with Gasteiger partial charge in [0.1, 0.15) is 11.6 Å². The highest BCUT2D eigenvalue weighted by molar-refractivity contribution is 5.75. The van der Waals surface area contributed by atoms with E-state index in [-0.39, 0.29) is 5.82 Å². The monoisotopic (exact) mass is 316 g/mol. The molecule has 2 rings (SSSR count). The Balaban J connectivity index is 1.87. The van der Waals surface area contributed by atoms with E-state index < -0.39 is 11.9 Å². The highest BCUT2D eigenvalue weighted by Gasteiger charge is 2.19. The van der Waals surface area contributed by atoms with E-state index in [1.54, 1.807) is 0 Å². The van der Waals surface area contributed by atoms with Crippen molar-refractivity contribution in [2.45, 2.75) is 32.1 Å².